The molecule has 7 heteroatoms. The highest BCUT2D eigenvalue weighted by molar-refractivity contribution is 7.91. The van der Waals surface area contributed by atoms with Gasteiger partial charge in [-0.25, -0.2) is 13.2 Å². The van der Waals surface area contributed by atoms with Crippen LogP contribution in [0.2, 0.25) is 5.02 Å². The number of halogens is 1. The molecule has 0 aliphatic carbocycles. The second-order valence-electron chi connectivity index (χ2n) is 7.14. The number of anilines is 1. The zero-order chi connectivity index (χ0) is 19.2. The average Bonchev–Trinajstić information content (AvgIpc) is 3.06. The summed E-state index contributed by atoms with van der Waals surface area (Å²) in [7, 11) is -3.18. The van der Waals surface area contributed by atoms with Gasteiger partial charge in [-0.1, -0.05) is 42.8 Å². The lowest BCUT2D eigenvalue weighted by Crippen LogP contribution is -2.37. The molecule has 142 valence electrons. The Balaban J connectivity index is 1.69. The molecule has 0 spiro atoms. The lowest BCUT2D eigenvalue weighted by molar-refractivity contribution is 0.206. The van der Waals surface area contributed by atoms with Crippen LogP contribution in [0.4, 0.5) is 10.5 Å². The van der Waals surface area contributed by atoms with Crippen molar-refractivity contribution in [3.63, 3.8) is 0 Å². The van der Waals surface area contributed by atoms with Crippen LogP contribution in [0.5, 0.6) is 0 Å². The molecule has 0 radical (unpaired) electrons. The number of benzene rings is 2. The molecule has 0 N–H and O–H groups in total. The van der Waals surface area contributed by atoms with Crippen molar-refractivity contribution in [2.24, 2.45) is 0 Å². The molecule has 0 saturated carbocycles. The number of carbonyl (C=O) groups is 1. The number of aryl methyl sites for hydroxylation is 1. The zero-order valence-electron chi connectivity index (χ0n) is 15.0. The number of carbonyl (C=O) groups excluding carboxylic acids is 1. The highest BCUT2D eigenvalue weighted by atomic mass is 35.5. The molecular formula is C20H21ClN2O3S. The minimum Gasteiger partial charge on any atom is -0.314 e. The molecule has 27 heavy (non-hydrogen) atoms. The van der Waals surface area contributed by atoms with Crippen LogP contribution >= 0.6 is 11.6 Å². The Morgan fingerprint density at radius 2 is 1.74 bits per heavy atom. The molecule has 2 aliphatic heterocycles. The van der Waals surface area contributed by atoms with Gasteiger partial charge in [0, 0.05) is 17.3 Å². The quantitative estimate of drug-likeness (QED) is 0.732. The summed E-state index contributed by atoms with van der Waals surface area (Å²) < 4.78 is 24.6. The van der Waals surface area contributed by atoms with E-state index in [-0.39, 0.29) is 29.6 Å². The molecule has 2 atom stereocenters. The SMILES string of the molecule is CCc1ccc(N2C(=O)N(Cc3cccc(Cl)c3)C3CS(=O)(=O)CC32)cc1. The van der Waals surface area contributed by atoms with Gasteiger partial charge in [0.2, 0.25) is 0 Å². The number of urea groups is 1. The van der Waals surface area contributed by atoms with E-state index in [1.165, 1.54) is 5.56 Å². The summed E-state index contributed by atoms with van der Waals surface area (Å²) in [4.78, 5) is 16.5. The molecule has 5 nitrogen and oxygen atoms in total. The molecule has 4 rings (SSSR count). The van der Waals surface area contributed by atoms with E-state index < -0.39 is 9.84 Å². The summed E-state index contributed by atoms with van der Waals surface area (Å²) in [6.07, 6.45) is 0.912. The van der Waals surface area contributed by atoms with E-state index in [2.05, 4.69) is 6.92 Å². The van der Waals surface area contributed by atoms with Crippen LogP contribution in [-0.2, 0) is 22.8 Å². The fourth-order valence-corrected chi connectivity index (χ4v) is 6.15. The van der Waals surface area contributed by atoms with Crippen molar-refractivity contribution in [3.8, 4) is 0 Å². The summed E-state index contributed by atoms with van der Waals surface area (Å²) in [5.74, 6) is 0.0124. The van der Waals surface area contributed by atoms with Gasteiger partial charge in [0.05, 0.1) is 23.6 Å². The molecule has 2 amide bonds. The summed E-state index contributed by atoms with van der Waals surface area (Å²) in [5.41, 5.74) is 2.82. The predicted octanol–water partition coefficient (Wildman–Crippen LogP) is 3.51. The summed E-state index contributed by atoms with van der Waals surface area (Å²) in [6.45, 7) is 2.42. The first kappa shape index (κ1) is 18.3. The topological polar surface area (TPSA) is 57.7 Å². The van der Waals surface area contributed by atoms with E-state index in [1.807, 2.05) is 42.5 Å². The first-order valence-electron chi connectivity index (χ1n) is 9.01. The lowest BCUT2D eigenvalue weighted by atomic mass is 10.1. The number of fused-ring (bicyclic) bond motifs is 1. The van der Waals surface area contributed by atoms with Crippen molar-refractivity contribution in [1.29, 1.82) is 0 Å². The van der Waals surface area contributed by atoms with Crippen molar-refractivity contribution < 1.29 is 13.2 Å². The Labute approximate surface area is 164 Å². The van der Waals surface area contributed by atoms with E-state index in [9.17, 15) is 13.2 Å². The Hall–Kier alpha value is -2.05. The first-order valence-corrected chi connectivity index (χ1v) is 11.2. The van der Waals surface area contributed by atoms with Crippen LogP contribution in [-0.4, -0.2) is 42.9 Å². The summed E-state index contributed by atoms with van der Waals surface area (Å²) in [6, 6.07) is 14.3. The Morgan fingerprint density at radius 1 is 1.04 bits per heavy atom. The zero-order valence-corrected chi connectivity index (χ0v) is 16.6. The molecule has 2 saturated heterocycles. The van der Waals surface area contributed by atoms with Gasteiger partial charge >= 0.3 is 6.03 Å². The fourth-order valence-electron chi connectivity index (χ4n) is 3.99. The average molecular weight is 405 g/mol. The molecule has 2 aromatic carbocycles. The highest BCUT2D eigenvalue weighted by Crippen LogP contribution is 2.36. The maximum atomic E-state index is 13.2. The number of rotatable bonds is 4. The maximum absolute atomic E-state index is 13.2. The number of hydrogen-bond acceptors (Lipinski definition) is 3. The number of hydrogen-bond donors (Lipinski definition) is 0. The largest absolute Gasteiger partial charge is 0.325 e. The van der Waals surface area contributed by atoms with Crippen LogP contribution < -0.4 is 4.90 Å². The van der Waals surface area contributed by atoms with Gasteiger partial charge in [0.1, 0.15) is 0 Å². The van der Waals surface area contributed by atoms with Crippen molar-refractivity contribution in [3.05, 3.63) is 64.7 Å². The fraction of sp³-hybridized carbons (Fsp3) is 0.350. The van der Waals surface area contributed by atoms with Crippen molar-refractivity contribution in [1.82, 2.24) is 4.90 Å². The van der Waals surface area contributed by atoms with Gasteiger partial charge in [0.25, 0.3) is 0 Å². The molecule has 2 aliphatic rings. The minimum atomic E-state index is -3.18. The molecule has 2 heterocycles. The second kappa shape index (κ2) is 6.84. The van der Waals surface area contributed by atoms with Gasteiger partial charge in [-0.2, -0.15) is 0 Å². The van der Waals surface area contributed by atoms with E-state index in [0.29, 0.717) is 11.6 Å². The summed E-state index contributed by atoms with van der Waals surface area (Å²) in [5, 5.41) is 0.599. The third kappa shape index (κ3) is 3.44. The number of nitrogens with zero attached hydrogens (tertiary/aromatic N) is 2. The van der Waals surface area contributed by atoms with Gasteiger partial charge in [-0.3, -0.25) is 4.90 Å². The minimum absolute atomic E-state index is 0.00494. The van der Waals surface area contributed by atoms with Crippen LogP contribution in [0.25, 0.3) is 0 Å². The van der Waals surface area contributed by atoms with Gasteiger partial charge in [-0.15, -0.1) is 0 Å². The number of amides is 2. The van der Waals surface area contributed by atoms with Gasteiger partial charge in [0.15, 0.2) is 9.84 Å². The van der Waals surface area contributed by atoms with Gasteiger partial charge in [-0.05, 0) is 41.8 Å². The van der Waals surface area contributed by atoms with Crippen molar-refractivity contribution in [2.45, 2.75) is 32.0 Å². The van der Waals surface area contributed by atoms with Crippen molar-refractivity contribution >= 4 is 33.2 Å². The van der Waals surface area contributed by atoms with E-state index >= 15 is 0 Å². The van der Waals surface area contributed by atoms with E-state index in [1.54, 1.807) is 15.9 Å². The van der Waals surface area contributed by atoms with Crippen LogP contribution in [0.15, 0.2) is 48.5 Å². The monoisotopic (exact) mass is 404 g/mol. The normalized spacial score (nSPS) is 23.7. The lowest BCUT2D eigenvalue weighted by Gasteiger charge is -2.23. The van der Waals surface area contributed by atoms with Crippen LogP contribution in [0, 0.1) is 0 Å². The molecular weight excluding hydrogens is 384 g/mol. The van der Waals surface area contributed by atoms with E-state index in [0.717, 1.165) is 17.7 Å². The molecule has 2 unspecified atom stereocenters. The number of sulfone groups is 1. The molecule has 2 fully saturated rings. The summed E-state index contributed by atoms with van der Waals surface area (Å²) >= 11 is 6.07. The second-order valence-corrected chi connectivity index (χ2v) is 9.73. The van der Waals surface area contributed by atoms with E-state index in [4.69, 9.17) is 11.6 Å². The smallest absolute Gasteiger partial charge is 0.314 e. The standard InChI is InChI=1S/C20H21ClN2O3S/c1-2-14-6-8-17(9-7-14)23-19-13-27(25,26)12-18(19)22(20(23)24)11-15-4-3-5-16(21)10-15/h3-10,18-19H,2,11-13H2,1H3. The van der Waals surface area contributed by atoms with Crippen LogP contribution in [0.1, 0.15) is 18.1 Å². The molecule has 0 aromatic heterocycles. The Kier molecular flexibility index (Phi) is 4.64. The highest BCUT2D eigenvalue weighted by Gasteiger charge is 2.53. The maximum Gasteiger partial charge on any atom is 0.325 e. The van der Waals surface area contributed by atoms with Gasteiger partial charge < -0.3 is 4.90 Å². The Bertz CT molecular complexity index is 975. The molecule has 2 aromatic rings. The van der Waals surface area contributed by atoms with Crippen LogP contribution in [0.3, 0.4) is 0 Å². The predicted molar refractivity (Wildman–Crippen MR) is 107 cm³/mol. The third-order valence-corrected chi connectivity index (χ3v) is 7.28. The van der Waals surface area contributed by atoms with Crippen molar-refractivity contribution in [2.75, 3.05) is 16.4 Å². The Morgan fingerprint density at radius 3 is 2.41 bits per heavy atom. The molecule has 0 bridgehead atoms. The third-order valence-electron chi connectivity index (χ3n) is 5.34. The first-order chi connectivity index (χ1) is 12.9.